The first-order valence-corrected chi connectivity index (χ1v) is 10.0. The summed E-state index contributed by atoms with van der Waals surface area (Å²) in [5.74, 6) is 0.611. The Balaban J connectivity index is 2.14. The van der Waals surface area contributed by atoms with Gasteiger partial charge in [-0.05, 0) is 38.5 Å². The van der Waals surface area contributed by atoms with Crippen LogP contribution in [0.3, 0.4) is 0 Å². The Bertz CT molecular complexity index is 756. The van der Waals surface area contributed by atoms with Crippen LogP contribution >= 0.6 is 0 Å². The summed E-state index contributed by atoms with van der Waals surface area (Å²) in [7, 11) is -3.16. The van der Waals surface area contributed by atoms with E-state index in [0.29, 0.717) is 31.2 Å². The number of nitrogens with one attached hydrogen (secondary N) is 1. The zero-order valence-electron chi connectivity index (χ0n) is 15.1. The predicted octanol–water partition coefficient (Wildman–Crippen LogP) is 2.68. The maximum atomic E-state index is 12.6. The molecule has 0 spiro atoms. The molecule has 1 aliphatic heterocycles. The molecule has 0 aliphatic carbocycles. The lowest BCUT2D eigenvalue weighted by molar-refractivity contribution is -0.137. The molecule has 1 fully saturated rings. The first-order chi connectivity index (χ1) is 12.0. The normalized spacial score (nSPS) is 20.1. The van der Waals surface area contributed by atoms with Crippen LogP contribution in [0.5, 0.6) is 0 Å². The van der Waals surface area contributed by atoms with Gasteiger partial charge in [-0.15, -0.1) is 0 Å². The van der Waals surface area contributed by atoms with Gasteiger partial charge >= 0.3 is 6.18 Å². The molecule has 1 aromatic carbocycles. The first kappa shape index (κ1) is 20.5. The second-order valence-corrected chi connectivity index (χ2v) is 9.61. The van der Waals surface area contributed by atoms with Gasteiger partial charge in [0.15, 0.2) is 15.8 Å². The SMILES string of the molecule is CCNC(=NCc1ccc(C(F)(F)F)cc1)N1CCS(=O)(=O)C(C)(C)C1. The van der Waals surface area contributed by atoms with Gasteiger partial charge in [0.25, 0.3) is 0 Å². The van der Waals surface area contributed by atoms with E-state index in [1.807, 2.05) is 11.8 Å². The predicted molar refractivity (Wildman–Crippen MR) is 95.7 cm³/mol. The number of hydrogen-bond acceptors (Lipinski definition) is 3. The Morgan fingerprint density at radius 2 is 1.88 bits per heavy atom. The highest BCUT2D eigenvalue weighted by Crippen LogP contribution is 2.29. The highest BCUT2D eigenvalue weighted by molar-refractivity contribution is 7.92. The quantitative estimate of drug-likeness (QED) is 0.636. The van der Waals surface area contributed by atoms with Gasteiger partial charge in [0.2, 0.25) is 0 Å². The molecule has 0 saturated carbocycles. The third-order valence-electron chi connectivity index (χ3n) is 4.37. The van der Waals surface area contributed by atoms with E-state index in [4.69, 9.17) is 0 Å². The third kappa shape index (κ3) is 4.69. The van der Waals surface area contributed by atoms with Crippen molar-refractivity contribution in [2.75, 3.05) is 25.4 Å². The van der Waals surface area contributed by atoms with Crippen molar-refractivity contribution in [3.05, 3.63) is 35.4 Å². The molecule has 146 valence electrons. The molecule has 0 bridgehead atoms. The Morgan fingerprint density at radius 3 is 2.38 bits per heavy atom. The zero-order valence-corrected chi connectivity index (χ0v) is 15.9. The fourth-order valence-corrected chi connectivity index (χ4v) is 4.08. The van der Waals surface area contributed by atoms with Gasteiger partial charge in [0, 0.05) is 19.6 Å². The van der Waals surface area contributed by atoms with Crippen molar-refractivity contribution in [3.8, 4) is 0 Å². The highest BCUT2D eigenvalue weighted by atomic mass is 32.2. The largest absolute Gasteiger partial charge is 0.416 e. The van der Waals surface area contributed by atoms with Crippen LogP contribution in [0.25, 0.3) is 0 Å². The average molecular weight is 391 g/mol. The standard InChI is InChI=1S/C17H24F3N3O2S/c1-4-21-15(23-9-10-26(24,25)16(2,3)12-23)22-11-13-5-7-14(8-6-13)17(18,19)20/h5-8H,4,9-12H2,1-3H3,(H,21,22). The summed E-state index contributed by atoms with van der Waals surface area (Å²) >= 11 is 0. The monoisotopic (exact) mass is 391 g/mol. The van der Waals surface area contributed by atoms with Crippen LogP contribution in [-0.2, 0) is 22.6 Å². The van der Waals surface area contributed by atoms with Crippen LogP contribution in [0, 0.1) is 0 Å². The van der Waals surface area contributed by atoms with Crippen molar-refractivity contribution in [1.82, 2.24) is 10.2 Å². The molecule has 2 rings (SSSR count). The smallest absolute Gasteiger partial charge is 0.357 e. The highest BCUT2D eigenvalue weighted by Gasteiger charge is 2.41. The Morgan fingerprint density at radius 1 is 1.27 bits per heavy atom. The second kappa shape index (κ2) is 7.46. The van der Waals surface area contributed by atoms with Gasteiger partial charge in [-0.3, -0.25) is 0 Å². The number of halogens is 3. The molecule has 1 N–H and O–H groups in total. The van der Waals surface area contributed by atoms with Crippen LogP contribution < -0.4 is 5.32 Å². The number of guanidine groups is 1. The van der Waals surface area contributed by atoms with Gasteiger partial charge in [-0.1, -0.05) is 12.1 Å². The molecule has 1 aliphatic rings. The Hall–Kier alpha value is -1.77. The minimum atomic E-state index is -4.36. The summed E-state index contributed by atoms with van der Waals surface area (Å²) in [4.78, 5) is 6.35. The van der Waals surface area contributed by atoms with Crippen molar-refractivity contribution in [1.29, 1.82) is 0 Å². The summed E-state index contributed by atoms with van der Waals surface area (Å²) in [5, 5.41) is 3.12. The van der Waals surface area contributed by atoms with E-state index >= 15 is 0 Å². The van der Waals surface area contributed by atoms with Crippen LogP contribution in [0.4, 0.5) is 13.2 Å². The Labute approximate surface area is 152 Å². The van der Waals surface area contributed by atoms with Gasteiger partial charge < -0.3 is 10.2 Å². The van der Waals surface area contributed by atoms with Crippen LogP contribution in [-0.4, -0.2) is 49.4 Å². The second-order valence-electron chi connectivity index (χ2n) is 6.86. The first-order valence-electron chi connectivity index (χ1n) is 8.38. The zero-order chi connectivity index (χ0) is 19.6. The molecule has 0 unspecified atom stereocenters. The number of hydrogen-bond donors (Lipinski definition) is 1. The van der Waals surface area contributed by atoms with Crippen molar-refractivity contribution in [3.63, 3.8) is 0 Å². The Kier molecular flexibility index (Phi) is 5.89. The van der Waals surface area contributed by atoms with Crippen molar-refractivity contribution >= 4 is 15.8 Å². The van der Waals surface area contributed by atoms with E-state index in [1.165, 1.54) is 12.1 Å². The summed E-state index contributed by atoms with van der Waals surface area (Å²) in [6.07, 6.45) is -4.36. The number of alkyl halides is 3. The maximum Gasteiger partial charge on any atom is 0.416 e. The summed E-state index contributed by atoms with van der Waals surface area (Å²) in [5.41, 5.74) is -0.0441. The molecule has 0 radical (unpaired) electrons. The van der Waals surface area contributed by atoms with Crippen molar-refractivity contribution in [2.24, 2.45) is 4.99 Å². The third-order valence-corrected chi connectivity index (χ3v) is 6.90. The summed E-state index contributed by atoms with van der Waals surface area (Å²) in [6, 6.07) is 4.88. The lowest BCUT2D eigenvalue weighted by atomic mass is 10.1. The molecule has 5 nitrogen and oxygen atoms in total. The van der Waals surface area contributed by atoms with E-state index < -0.39 is 26.3 Å². The van der Waals surface area contributed by atoms with Gasteiger partial charge in [0.05, 0.1) is 22.6 Å². The molecular weight excluding hydrogens is 367 g/mol. The van der Waals surface area contributed by atoms with Crippen LogP contribution in [0.15, 0.2) is 29.3 Å². The molecule has 0 aromatic heterocycles. The van der Waals surface area contributed by atoms with E-state index in [-0.39, 0.29) is 12.3 Å². The number of rotatable bonds is 3. The maximum absolute atomic E-state index is 12.6. The fraction of sp³-hybridized carbons (Fsp3) is 0.588. The van der Waals surface area contributed by atoms with Crippen molar-refractivity contribution < 1.29 is 21.6 Å². The average Bonchev–Trinajstić information content (AvgIpc) is 2.54. The molecule has 1 saturated heterocycles. The van der Waals surface area contributed by atoms with E-state index in [9.17, 15) is 21.6 Å². The van der Waals surface area contributed by atoms with E-state index in [1.54, 1.807) is 13.8 Å². The van der Waals surface area contributed by atoms with Gasteiger partial charge in [-0.25, -0.2) is 13.4 Å². The molecule has 1 heterocycles. The summed E-state index contributed by atoms with van der Waals surface area (Å²) < 4.78 is 61.3. The minimum absolute atomic E-state index is 0.0463. The van der Waals surface area contributed by atoms with Gasteiger partial charge in [0.1, 0.15) is 0 Å². The molecule has 1 aromatic rings. The van der Waals surface area contributed by atoms with Crippen molar-refractivity contribution in [2.45, 2.75) is 38.2 Å². The summed E-state index contributed by atoms with van der Waals surface area (Å²) in [6.45, 7) is 6.75. The van der Waals surface area contributed by atoms with Gasteiger partial charge in [-0.2, -0.15) is 13.2 Å². The lowest BCUT2D eigenvalue weighted by Gasteiger charge is -2.39. The minimum Gasteiger partial charge on any atom is -0.357 e. The lowest BCUT2D eigenvalue weighted by Crippen LogP contribution is -2.57. The van der Waals surface area contributed by atoms with E-state index in [2.05, 4.69) is 10.3 Å². The number of nitrogens with zero attached hydrogens (tertiary/aromatic N) is 2. The number of benzene rings is 1. The van der Waals surface area contributed by atoms with Crippen LogP contribution in [0.1, 0.15) is 31.9 Å². The topological polar surface area (TPSA) is 61.8 Å². The molecule has 26 heavy (non-hydrogen) atoms. The number of aliphatic imine (C=N–C) groups is 1. The number of sulfone groups is 1. The molecule has 0 amide bonds. The molecular formula is C17H24F3N3O2S. The molecule has 9 heteroatoms. The molecule has 0 atom stereocenters. The van der Waals surface area contributed by atoms with E-state index in [0.717, 1.165) is 12.1 Å². The fourth-order valence-electron chi connectivity index (χ4n) is 2.72. The van der Waals surface area contributed by atoms with Crippen LogP contribution in [0.2, 0.25) is 0 Å².